The van der Waals surface area contributed by atoms with Crippen LogP contribution in [0.25, 0.3) is 10.9 Å². The fourth-order valence-electron chi connectivity index (χ4n) is 2.93. The van der Waals surface area contributed by atoms with E-state index in [4.69, 9.17) is 9.84 Å². The number of pyridine rings is 1. The molecule has 7 heteroatoms. The van der Waals surface area contributed by atoms with E-state index >= 15 is 0 Å². The number of ether oxygens (including phenoxy) is 1. The highest BCUT2D eigenvalue weighted by Crippen LogP contribution is 2.33. The van der Waals surface area contributed by atoms with Crippen molar-refractivity contribution in [3.63, 3.8) is 0 Å². The van der Waals surface area contributed by atoms with Gasteiger partial charge in [-0.1, -0.05) is 37.3 Å². The molecule has 0 bridgehead atoms. The van der Waals surface area contributed by atoms with Crippen molar-refractivity contribution in [2.24, 2.45) is 0 Å². The second kappa shape index (κ2) is 11.4. The molecule has 0 spiro atoms. The molecular formula is C22H26N2O5. The number of carboxylic acids is 1. The summed E-state index contributed by atoms with van der Waals surface area (Å²) in [5.74, 6) is -1.83. The monoisotopic (exact) mass is 398 g/mol. The Bertz CT molecular complexity index is 954. The van der Waals surface area contributed by atoms with E-state index in [2.05, 4.69) is 18.1 Å². The minimum atomic E-state index is -1.16. The number of carbonyl (C=O) groups is 3. The molecule has 2 rings (SSSR count). The van der Waals surface area contributed by atoms with Crippen LogP contribution in [0.3, 0.4) is 0 Å². The second-order valence-corrected chi connectivity index (χ2v) is 6.09. The zero-order valence-electron chi connectivity index (χ0n) is 17.0. The van der Waals surface area contributed by atoms with Crippen LogP contribution >= 0.6 is 0 Å². The number of rotatable bonds is 9. The third-order valence-electron chi connectivity index (χ3n) is 3.88. The lowest BCUT2D eigenvalue weighted by molar-refractivity contribution is -0.139. The standard InChI is InChI=1S/C19H20N2O5.C3H6/c1-4-6-12(3)9-21-13(5-2)17(15(23)10-22)18-14(21)7-8-20-19(18)26-11-16(24)25;1-3-2/h4,6-8,10H,1,5,9,11H2,2-3H3,(H,24,25);3H,1H2,2H3/b12-6+;. The first-order chi connectivity index (χ1) is 13.9. The van der Waals surface area contributed by atoms with Crippen molar-refractivity contribution in [2.75, 3.05) is 6.61 Å². The van der Waals surface area contributed by atoms with Gasteiger partial charge >= 0.3 is 5.97 Å². The van der Waals surface area contributed by atoms with Crippen molar-refractivity contribution >= 4 is 28.9 Å². The molecule has 0 saturated heterocycles. The van der Waals surface area contributed by atoms with Crippen LogP contribution in [0.5, 0.6) is 5.88 Å². The lowest BCUT2D eigenvalue weighted by atomic mass is 10.1. The van der Waals surface area contributed by atoms with Crippen molar-refractivity contribution in [1.29, 1.82) is 0 Å². The molecule has 29 heavy (non-hydrogen) atoms. The summed E-state index contributed by atoms with van der Waals surface area (Å²) in [5.41, 5.74) is 2.53. The molecule has 2 aromatic heterocycles. The number of Topliss-reactive ketones (excluding diaryl/α,β-unsaturated/α-hetero) is 1. The number of carboxylic acid groups (broad SMARTS) is 1. The summed E-state index contributed by atoms with van der Waals surface area (Å²) >= 11 is 0. The molecule has 0 atom stereocenters. The molecule has 1 N–H and O–H groups in total. The first kappa shape index (κ1) is 23.6. The van der Waals surface area contributed by atoms with Crippen LogP contribution in [0.1, 0.15) is 36.8 Å². The van der Waals surface area contributed by atoms with Gasteiger partial charge in [-0.15, -0.1) is 6.58 Å². The van der Waals surface area contributed by atoms with E-state index in [0.717, 1.165) is 5.57 Å². The van der Waals surface area contributed by atoms with Crippen LogP contribution in [-0.4, -0.2) is 39.3 Å². The maximum absolute atomic E-state index is 12.3. The molecule has 0 radical (unpaired) electrons. The fourth-order valence-corrected chi connectivity index (χ4v) is 2.93. The lowest BCUT2D eigenvalue weighted by Gasteiger charge is -2.10. The number of fused-ring (bicyclic) bond motifs is 1. The molecular weight excluding hydrogens is 372 g/mol. The van der Waals surface area contributed by atoms with Gasteiger partial charge in [-0.25, -0.2) is 9.78 Å². The number of nitrogens with zero attached hydrogens (tertiary/aromatic N) is 2. The van der Waals surface area contributed by atoms with E-state index in [1.54, 1.807) is 18.2 Å². The summed E-state index contributed by atoms with van der Waals surface area (Å²) in [4.78, 5) is 38.4. The molecule has 0 saturated carbocycles. The van der Waals surface area contributed by atoms with Crippen LogP contribution in [0, 0.1) is 0 Å². The van der Waals surface area contributed by atoms with Crippen LogP contribution < -0.4 is 4.74 Å². The molecule has 0 fully saturated rings. The number of hydrogen-bond acceptors (Lipinski definition) is 5. The Morgan fingerprint density at radius 1 is 1.34 bits per heavy atom. The number of aldehydes is 1. The van der Waals surface area contributed by atoms with Gasteiger partial charge in [-0.2, -0.15) is 0 Å². The third-order valence-corrected chi connectivity index (χ3v) is 3.88. The van der Waals surface area contributed by atoms with E-state index < -0.39 is 18.4 Å². The van der Waals surface area contributed by atoms with Gasteiger partial charge < -0.3 is 14.4 Å². The van der Waals surface area contributed by atoms with Gasteiger partial charge in [-0.05, 0) is 26.3 Å². The van der Waals surface area contributed by atoms with Gasteiger partial charge in [-0.3, -0.25) is 9.59 Å². The summed E-state index contributed by atoms with van der Waals surface area (Å²) in [7, 11) is 0. The molecule has 0 aromatic carbocycles. The van der Waals surface area contributed by atoms with Gasteiger partial charge in [0.05, 0.1) is 16.5 Å². The van der Waals surface area contributed by atoms with Crippen molar-refractivity contribution in [3.8, 4) is 5.88 Å². The van der Waals surface area contributed by atoms with Crippen LogP contribution in [0.2, 0.25) is 0 Å². The minimum absolute atomic E-state index is 0.0221. The summed E-state index contributed by atoms with van der Waals surface area (Å²) in [5, 5.41) is 9.21. The Labute approximate surface area is 170 Å². The number of allylic oxidation sites excluding steroid dienone is 4. The Morgan fingerprint density at radius 2 is 2.00 bits per heavy atom. The summed E-state index contributed by atoms with van der Waals surface area (Å²) in [6, 6.07) is 1.71. The third kappa shape index (κ3) is 5.75. The Morgan fingerprint density at radius 3 is 2.52 bits per heavy atom. The summed E-state index contributed by atoms with van der Waals surface area (Å²) in [6.07, 6.45) is 7.52. The highest BCUT2D eigenvalue weighted by atomic mass is 16.5. The maximum Gasteiger partial charge on any atom is 0.341 e. The zero-order valence-corrected chi connectivity index (χ0v) is 17.0. The van der Waals surface area contributed by atoms with E-state index in [9.17, 15) is 14.4 Å². The summed E-state index contributed by atoms with van der Waals surface area (Å²) < 4.78 is 7.17. The Kier molecular flexibility index (Phi) is 9.25. The smallest absolute Gasteiger partial charge is 0.341 e. The van der Waals surface area contributed by atoms with Gasteiger partial charge in [0.1, 0.15) is 0 Å². The van der Waals surface area contributed by atoms with Crippen LogP contribution in [0.4, 0.5) is 0 Å². The van der Waals surface area contributed by atoms with Crippen molar-refractivity contribution in [1.82, 2.24) is 9.55 Å². The number of aliphatic carboxylic acids is 1. The SMILES string of the molecule is C=C/C=C(\C)Cn1c(CC)c(C(=O)C=O)c2c(OCC(=O)O)nccc21.C=CC. The normalized spacial score (nSPS) is 10.7. The number of aromatic nitrogens is 2. The van der Waals surface area contributed by atoms with Crippen molar-refractivity contribution in [3.05, 3.63) is 60.5 Å². The second-order valence-electron chi connectivity index (χ2n) is 6.09. The number of hydrogen-bond donors (Lipinski definition) is 1. The number of carbonyl (C=O) groups excluding carboxylic acids is 2. The molecule has 0 aliphatic rings. The average molecular weight is 398 g/mol. The van der Waals surface area contributed by atoms with Crippen LogP contribution in [0.15, 0.2) is 49.2 Å². The summed E-state index contributed by atoms with van der Waals surface area (Å²) in [6.45, 7) is 12.6. The van der Waals surface area contributed by atoms with Crippen molar-refractivity contribution < 1.29 is 24.2 Å². The first-order valence-electron chi connectivity index (χ1n) is 9.05. The lowest BCUT2D eigenvalue weighted by Crippen LogP contribution is -2.11. The van der Waals surface area contributed by atoms with Gasteiger partial charge in [0.15, 0.2) is 12.9 Å². The molecule has 0 amide bonds. The molecule has 7 nitrogen and oxygen atoms in total. The van der Waals surface area contributed by atoms with E-state index in [1.165, 1.54) is 6.20 Å². The van der Waals surface area contributed by atoms with Crippen LogP contribution in [-0.2, 0) is 22.6 Å². The predicted molar refractivity (Wildman–Crippen MR) is 112 cm³/mol. The predicted octanol–water partition coefficient (Wildman–Crippen LogP) is 3.77. The van der Waals surface area contributed by atoms with E-state index in [-0.39, 0.29) is 17.7 Å². The van der Waals surface area contributed by atoms with Gasteiger partial charge in [0, 0.05) is 18.4 Å². The molecule has 0 aliphatic carbocycles. The first-order valence-corrected chi connectivity index (χ1v) is 9.05. The van der Waals surface area contributed by atoms with Gasteiger partial charge in [0.2, 0.25) is 11.7 Å². The molecule has 2 heterocycles. The fraction of sp³-hybridized carbons (Fsp3) is 0.273. The van der Waals surface area contributed by atoms with Crippen molar-refractivity contribution in [2.45, 2.75) is 33.7 Å². The molecule has 2 aromatic rings. The molecule has 0 aliphatic heterocycles. The Hall–Kier alpha value is -3.48. The highest BCUT2D eigenvalue weighted by Gasteiger charge is 2.25. The number of ketones is 1. The molecule has 0 unspecified atom stereocenters. The highest BCUT2D eigenvalue weighted by molar-refractivity contribution is 6.37. The quantitative estimate of drug-likeness (QED) is 0.227. The maximum atomic E-state index is 12.3. The Balaban J connectivity index is 0.00000132. The largest absolute Gasteiger partial charge is 0.479 e. The minimum Gasteiger partial charge on any atom is -0.479 e. The molecule has 154 valence electrons. The topological polar surface area (TPSA) is 98.5 Å². The van der Waals surface area contributed by atoms with E-state index in [1.807, 2.05) is 31.4 Å². The average Bonchev–Trinajstić information content (AvgIpc) is 3.00. The van der Waals surface area contributed by atoms with E-state index in [0.29, 0.717) is 29.6 Å². The van der Waals surface area contributed by atoms with Gasteiger partial charge in [0.25, 0.3) is 0 Å². The zero-order chi connectivity index (χ0) is 22.0.